The Labute approximate surface area is 195 Å². The first kappa shape index (κ1) is 23.1. The van der Waals surface area contributed by atoms with Gasteiger partial charge >= 0.3 is 6.18 Å². The van der Waals surface area contributed by atoms with Crippen molar-refractivity contribution in [3.05, 3.63) is 68.2 Å². The molecule has 0 aliphatic carbocycles. The molecule has 0 spiro atoms. The van der Waals surface area contributed by atoms with Crippen LogP contribution in [0.25, 0.3) is 11.3 Å². The number of carbonyl (C=O) groups is 1. The van der Waals surface area contributed by atoms with Crippen molar-refractivity contribution in [2.45, 2.75) is 11.3 Å². The molecule has 0 aliphatic heterocycles. The number of rotatable bonds is 5. The van der Waals surface area contributed by atoms with E-state index in [1.54, 1.807) is 42.5 Å². The molecule has 1 N–H and O–H groups in total. The minimum atomic E-state index is -4.65. The van der Waals surface area contributed by atoms with Crippen molar-refractivity contribution >= 4 is 66.8 Å². The lowest BCUT2D eigenvalue weighted by Crippen LogP contribution is -2.15. The molecule has 0 fully saturated rings. The van der Waals surface area contributed by atoms with Gasteiger partial charge in [-0.1, -0.05) is 51.4 Å². The Hall–Kier alpha value is -1.62. The molecule has 1 amide bonds. The fourth-order valence-corrected chi connectivity index (χ4v) is 3.80. The summed E-state index contributed by atoms with van der Waals surface area (Å²) in [5.74, 6) is -0.576. The van der Waals surface area contributed by atoms with Crippen molar-refractivity contribution in [1.29, 1.82) is 0 Å². The molecule has 156 valence electrons. The van der Waals surface area contributed by atoms with Crippen LogP contribution in [-0.2, 0) is 11.0 Å². The summed E-state index contributed by atoms with van der Waals surface area (Å²) in [4.78, 5) is 20.0. The number of amides is 1. The van der Waals surface area contributed by atoms with Crippen LogP contribution < -0.4 is 5.32 Å². The summed E-state index contributed by atoms with van der Waals surface area (Å²) >= 11 is 13.3. The highest BCUT2D eigenvalue weighted by atomic mass is 79.9. The lowest BCUT2D eigenvalue weighted by molar-refractivity contribution is -0.141. The van der Waals surface area contributed by atoms with Crippen LogP contribution in [0.4, 0.5) is 18.9 Å². The molecule has 0 saturated heterocycles. The second-order valence-electron chi connectivity index (χ2n) is 5.89. The van der Waals surface area contributed by atoms with Crippen LogP contribution >= 0.6 is 55.2 Å². The van der Waals surface area contributed by atoms with Gasteiger partial charge in [0.1, 0.15) is 5.69 Å². The maximum absolute atomic E-state index is 13.3. The average Bonchev–Trinajstić information content (AvgIpc) is 2.69. The van der Waals surface area contributed by atoms with E-state index in [2.05, 4.69) is 47.1 Å². The van der Waals surface area contributed by atoms with Crippen molar-refractivity contribution in [3.63, 3.8) is 0 Å². The summed E-state index contributed by atoms with van der Waals surface area (Å²) in [7, 11) is 0. The summed E-state index contributed by atoms with van der Waals surface area (Å²) in [6.07, 6.45) is -4.65. The zero-order chi connectivity index (χ0) is 21.9. The molecular formula is C19H11Br2ClF3N3OS. The normalized spacial score (nSPS) is 11.4. The minimum Gasteiger partial charge on any atom is -0.324 e. The fourth-order valence-electron chi connectivity index (χ4n) is 2.31. The van der Waals surface area contributed by atoms with Gasteiger partial charge in [0, 0.05) is 19.5 Å². The predicted molar refractivity (Wildman–Crippen MR) is 119 cm³/mol. The second-order valence-corrected chi connectivity index (χ2v) is 9.04. The number of nitrogens with one attached hydrogen (secondary N) is 1. The van der Waals surface area contributed by atoms with Crippen molar-refractivity contribution in [1.82, 2.24) is 9.97 Å². The lowest BCUT2D eigenvalue weighted by Gasteiger charge is -2.11. The molecule has 0 unspecified atom stereocenters. The smallest absolute Gasteiger partial charge is 0.324 e. The van der Waals surface area contributed by atoms with Gasteiger partial charge in [-0.15, -0.1) is 0 Å². The standard InChI is InChI=1S/C19H11Br2ClF3N3OS/c20-11-3-6-13(21)15(7-11)26-17(29)9-30-18-27-14(8-16(28-18)19(23,24)25)10-1-4-12(22)5-2-10/h1-8H,9H2,(H,26,29). The van der Waals surface area contributed by atoms with Crippen molar-refractivity contribution < 1.29 is 18.0 Å². The summed E-state index contributed by atoms with van der Waals surface area (Å²) in [6.45, 7) is 0. The third-order valence-electron chi connectivity index (χ3n) is 3.67. The topological polar surface area (TPSA) is 54.9 Å². The van der Waals surface area contributed by atoms with Gasteiger partial charge < -0.3 is 5.32 Å². The van der Waals surface area contributed by atoms with Crippen LogP contribution in [0.3, 0.4) is 0 Å². The van der Waals surface area contributed by atoms with E-state index in [0.717, 1.165) is 22.3 Å². The van der Waals surface area contributed by atoms with Gasteiger partial charge in [0.05, 0.1) is 17.1 Å². The quantitative estimate of drug-likeness (QED) is 0.259. The third-order valence-corrected chi connectivity index (χ3v) is 5.95. The van der Waals surface area contributed by atoms with E-state index in [4.69, 9.17) is 11.6 Å². The monoisotopic (exact) mass is 579 g/mol. The number of hydrogen-bond donors (Lipinski definition) is 1. The number of thioether (sulfide) groups is 1. The Balaban J connectivity index is 1.80. The van der Waals surface area contributed by atoms with E-state index in [1.165, 1.54) is 0 Å². The summed E-state index contributed by atoms with van der Waals surface area (Å²) in [5, 5.41) is 2.99. The molecule has 3 aromatic rings. The molecule has 0 aliphatic rings. The number of nitrogens with zero attached hydrogens (tertiary/aromatic N) is 2. The van der Waals surface area contributed by atoms with Crippen LogP contribution in [0.15, 0.2) is 62.6 Å². The molecule has 0 atom stereocenters. The molecule has 2 aromatic carbocycles. The first-order chi connectivity index (χ1) is 14.1. The maximum Gasteiger partial charge on any atom is 0.433 e. The lowest BCUT2D eigenvalue weighted by atomic mass is 10.1. The number of alkyl halides is 3. The summed E-state index contributed by atoms with van der Waals surface area (Å²) in [6, 6.07) is 12.4. The van der Waals surface area contributed by atoms with Gasteiger partial charge in [0.25, 0.3) is 0 Å². The van der Waals surface area contributed by atoms with Crippen LogP contribution in [0.1, 0.15) is 5.69 Å². The van der Waals surface area contributed by atoms with E-state index >= 15 is 0 Å². The van der Waals surface area contributed by atoms with Gasteiger partial charge in [-0.2, -0.15) is 13.2 Å². The van der Waals surface area contributed by atoms with E-state index in [1.807, 2.05) is 0 Å². The van der Waals surface area contributed by atoms with Crippen molar-refractivity contribution in [2.24, 2.45) is 0 Å². The van der Waals surface area contributed by atoms with Crippen LogP contribution in [0.5, 0.6) is 0 Å². The first-order valence-corrected chi connectivity index (χ1v) is 11.2. The van der Waals surface area contributed by atoms with E-state index in [0.29, 0.717) is 20.7 Å². The first-order valence-electron chi connectivity index (χ1n) is 8.22. The van der Waals surface area contributed by atoms with Crippen molar-refractivity contribution in [3.8, 4) is 11.3 Å². The maximum atomic E-state index is 13.3. The van der Waals surface area contributed by atoms with Gasteiger partial charge in [0.15, 0.2) is 5.16 Å². The number of halogens is 6. The molecule has 0 bridgehead atoms. The van der Waals surface area contributed by atoms with Gasteiger partial charge in [-0.25, -0.2) is 9.97 Å². The predicted octanol–water partition coefficient (Wildman–Crippen LogP) is 7.07. The number of benzene rings is 2. The Morgan fingerprint density at radius 1 is 1.07 bits per heavy atom. The molecule has 11 heteroatoms. The zero-order valence-electron chi connectivity index (χ0n) is 14.8. The molecular weight excluding hydrogens is 571 g/mol. The van der Waals surface area contributed by atoms with Gasteiger partial charge in [0.2, 0.25) is 5.91 Å². The molecule has 0 saturated carbocycles. The molecule has 4 nitrogen and oxygen atoms in total. The highest BCUT2D eigenvalue weighted by Crippen LogP contribution is 2.32. The SMILES string of the molecule is O=C(CSc1nc(-c2ccc(Cl)cc2)cc(C(F)(F)F)n1)Nc1cc(Br)ccc1Br. The highest BCUT2D eigenvalue weighted by molar-refractivity contribution is 9.11. The Bertz CT molecular complexity index is 1080. The number of anilines is 1. The Kier molecular flexibility index (Phi) is 7.43. The Morgan fingerprint density at radius 2 is 1.77 bits per heavy atom. The summed E-state index contributed by atoms with van der Waals surface area (Å²) in [5.41, 5.74) is -0.00909. The molecule has 1 aromatic heterocycles. The van der Waals surface area contributed by atoms with E-state index in [-0.39, 0.29) is 16.6 Å². The van der Waals surface area contributed by atoms with Crippen LogP contribution in [0, 0.1) is 0 Å². The van der Waals surface area contributed by atoms with Gasteiger partial charge in [-0.3, -0.25) is 4.79 Å². The molecule has 0 radical (unpaired) electrons. The van der Waals surface area contributed by atoms with Crippen molar-refractivity contribution in [2.75, 3.05) is 11.1 Å². The van der Waals surface area contributed by atoms with E-state index < -0.39 is 17.8 Å². The highest BCUT2D eigenvalue weighted by Gasteiger charge is 2.34. The number of hydrogen-bond acceptors (Lipinski definition) is 4. The van der Waals surface area contributed by atoms with E-state index in [9.17, 15) is 18.0 Å². The van der Waals surface area contributed by atoms with Crippen LogP contribution in [-0.4, -0.2) is 21.6 Å². The number of carbonyl (C=O) groups excluding carboxylic acids is 1. The third kappa shape index (κ3) is 6.19. The molecule has 30 heavy (non-hydrogen) atoms. The fraction of sp³-hybridized carbons (Fsp3) is 0.105. The largest absolute Gasteiger partial charge is 0.433 e. The van der Waals surface area contributed by atoms with Crippen LogP contribution in [0.2, 0.25) is 5.02 Å². The molecule has 1 heterocycles. The molecule has 3 rings (SSSR count). The Morgan fingerprint density at radius 3 is 2.43 bits per heavy atom. The zero-order valence-corrected chi connectivity index (χ0v) is 19.5. The summed E-state index contributed by atoms with van der Waals surface area (Å²) < 4.78 is 41.3. The van der Waals surface area contributed by atoms with Gasteiger partial charge in [-0.05, 0) is 52.3 Å². The minimum absolute atomic E-state index is 0.0895. The number of aromatic nitrogens is 2. The average molecular weight is 582 g/mol. The second kappa shape index (κ2) is 9.67.